The number of halogens is 7. The molecule has 2 aliphatic heterocycles. The highest BCUT2D eigenvalue weighted by Gasteiger charge is 2.33. The van der Waals surface area contributed by atoms with E-state index in [0.717, 1.165) is 16.7 Å². The Bertz CT molecular complexity index is 1470. The van der Waals surface area contributed by atoms with Gasteiger partial charge >= 0.3 is 0 Å². The third-order valence-corrected chi connectivity index (χ3v) is 6.77. The van der Waals surface area contributed by atoms with E-state index < -0.39 is 70.3 Å². The second-order valence-corrected chi connectivity index (χ2v) is 9.91. The molecule has 2 aromatic carbocycles. The van der Waals surface area contributed by atoms with Crippen LogP contribution in [0.3, 0.4) is 0 Å². The lowest BCUT2D eigenvalue weighted by atomic mass is 10.0. The Labute approximate surface area is 268 Å². The third kappa shape index (κ3) is 9.87. The van der Waals surface area contributed by atoms with Gasteiger partial charge in [0.15, 0.2) is 41.1 Å². The lowest BCUT2D eigenvalue weighted by Crippen LogP contribution is -2.38. The summed E-state index contributed by atoms with van der Waals surface area (Å²) in [5, 5.41) is 24.8. The van der Waals surface area contributed by atoms with Crippen LogP contribution in [-0.2, 0) is 33.8 Å². The van der Waals surface area contributed by atoms with Gasteiger partial charge in [0.05, 0.1) is 0 Å². The summed E-state index contributed by atoms with van der Waals surface area (Å²) in [6.07, 6.45) is -0.323. The average Bonchev–Trinajstić information content (AvgIpc) is 3.55. The fourth-order valence-electron chi connectivity index (χ4n) is 4.06. The molecule has 3 unspecified atom stereocenters. The minimum absolute atomic E-state index is 0.0783. The molecule has 0 aliphatic carbocycles. The molecule has 12 nitrogen and oxygen atoms in total. The molecule has 4 rings (SSSR count). The molecule has 2 aromatic rings. The Morgan fingerprint density at radius 2 is 1.04 bits per heavy atom. The monoisotopic (exact) mass is 700 g/mol. The Balaban J connectivity index is 0.000000327. The first-order valence-electron chi connectivity index (χ1n) is 13.5. The number of hydrogen-bond acceptors (Lipinski definition) is 10. The van der Waals surface area contributed by atoms with Crippen molar-refractivity contribution < 1.29 is 80.3 Å². The molecule has 3 atom stereocenters. The van der Waals surface area contributed by atoms with Crippen molar-refractivity contribution in [3.8, 4) is 0 Å². The van der Waals surface area contributed by atoms with Crippen molar-refractivity contribution in [3.63, 3.8) is 0 Å². The number of rotatable bonds is 6. The number of carbonyl (C=O) groups excluding carboxylic acids is 4. The van der Waals surface area contributed by atoms with Crippen molar-refractivity contribution in [1.29, 1.82) is 0 Å². The van der Waals surface area contributed by atoms with E-state index in [9.17, 15) is 49.9 Å². The topological polar surface area (TPSA) is 163 Å². The predicted octanol–water partition coefficient (Wildman–Crippen LogP) is 5.58. The Kier molecular flexibility index (Phi) is 15.9. The van der Waals surface area contributed by atoms with Crippen LogP contribution in [0.4, 0.5) is 30.7 Å². The zero-order chi connectivity index (χ0) is 37.2. The van der Waals surface area contributed by atoms with E-state index in [4.69, 9.17) is 15.8 Å². The van der Waals surface area contributed by atoms with Gasteiger partial charge in [0, 0.05) is 49.2 Å². The van der Waals surface area contributed by atoms with Gasteiger partial charge in [0.2, 0.25) is 11.8 Å². The Morgan fingerprint density at radius 1 is 0.625 bits per heavy atom. The quantitative estimate of drug-likeness (QED) is 0.0867. The van der Waals surface area contributed by atoms with E-state index in [2.05, 4.69) is 14.7 Å². The van der Waals surface area contributed by atoms with Crippen molar-refractivity contribution in [2.24, 2.45) is 0 Å². The first kappa shape index (κ1) is 41.8. The largest absolute Gasteiger partial charge is 0.279 e. The molecule has 0 aromatic heterocycles. The Morgan fingerprint density at radius 3 is 1.42 bits per heavy atom. The second-order valence-electron chi connectivity index (χ2n) is 9.91. The minimum Gasteiger partial charge on any atom is -0.279 e. The van der Waals surface area contributed by atoms with Gasteiger partial charge in [0.25, 0.3) is 11.8 Å². The molecule has 1 fully saturated rings. The fraction of sp³-hybridized carbons (Fsp3) is 0.379. The van der Waals surface area contributed by atoms with Gasteiger partial charge in [0.1, 0.15) is 18.0 Å². The normalized spacial score (nSPS) is 15.8. The molecule has 4 amide bonds. The van der Waals surface area contributed by atoms with Gasteiger partial charge in [-0.15, -0.1) is 0 Å². The fourth-order valence-corrected chi connectivity index (χ4v) is 4.06. The van der Waals surface area contributed by atoms with Crippen LogP contribution >= 0.6 is 0 Å². The highest BCUT2D eigenvalue weighted by molar-refractivity contribution is 6.12. The molecule has 0 radical (unpaired) electrons. The van der Waals surface area contributed by atoms with Crippen LogP contribution < -0.4 is 0 Å². The summed E-state index contributed by atoms with van der Waals surface area (Å²) in [7, 11) is 1.45. The smallest absolute Gasteiger partial charge is 0.253 e. The summed E-state index contributed by atoms with van der Waals surface area (Å²) in [6.45, 7) is 6.22. The minimum atomic E-state index is -1.92. The first-order valence-corrected chi connectivity index (χ1v) is 13.5. The summed E-state index contributed by atoms with van der Waals surface area (Å²) in [5.74, 6) is -11.3. The lowest BCUT2D eigenvalue weighted by molar-refractivity contribution is -0.299. The van der Waals surface area contributed by atoms with Crippen LogP contribution in [0, 0.1) is 54.6 Å². The number of carbonyl (C=O) groups is 4. The van der Waals surface area contributed by atoms with E-state index in [0.29, 0.717) is 6.07 Å². The molecular weight excluding hydrogens is 669 g/mol. The number of likely N-dealkylation sites (N-methyl/N-ethyl adjacent to an activating group) is 1. The van der Waals surface area contributed by atoms with E-state index in [1.165, 1.54) is 46.9 Å². The van der Waals surface area contributed by atoms with Crippen molar-refractivity contribution in [1.82, 2.24) is 9.80 Å². The van der Waals surface area contributed by atoms with E-state index in [1.54, 1.807) is 0 Å². The number of likely N-dealkylation sites (tertiary alicyclic amines) is 1. The number of imide groups is 2. The molecule has 3 N–H and O–H groups in total. The lowest BCUT2D eigenvalue weighted by Gasteiger charge is -2.18. The molecule has 1 saturated heterocycles. The van der Waals surface area contributed by atoms with Gasteiger partial charge in [-0.3, -0.25) is 39.5 Å². The van der Waals surface area contributed by atoms with Crippen molar-refractivity contribution in [3.05, 3.63) is 81.2 Å². The molecule has 2 heterocycles. The molecule has 0 saturated carbocycles. The van der Waals surface area contributed by atoms with E-state index in [1.807, 2.05) is 0 Å². The Hall–Kier alpha value is -4.27. The van der Waals surface area contributed by atoms with Gasteiger partial charge in [-0.25, -0.2) is 50.7 Å². The van der Waals surface area contributed by atoms with E-state index >= 15 is 0 Å². The predicted molar refractivity (Wildman–Crippen MR) is 148 cm³/mol. The number of hydrogen-bond donors (Lipinski definition) is 3. The highest BCUT2D eigenvalue weighted by Crippen LogP contribution is 2.30. The van der Waals surface area contributed by atoms with Gasteiger partial charge in [-0.05, 0) is 45.7 Å². The number of nitrogens with zero attached hydrogens (tertiary/aromatic N) is 2. The van der Waals surface area contributed by atoms with Crippen LogP contribution in [0.15, 0.2) is 18.2 Å². The third-order valence-electron chi connectivity index (χ3n) is 6.77. The van der Waals surface area contributed by atoms with Crippen LogP contribution in [0.1, 0.15) is 68.1 Å². The van der Waals surface area contributed by atoms with Crippen LogP contribution in [0.5, 0.6) is 0 Å². The molecule has 0 bridgehead atoms. The summed E-state index contributed by atoms with van der Waals surface area (Å²) < 4.78 is 90.6. The standard InChI is InChI=1S/C9H8F4O2.C9H9F3O2.C6H9NO4.C5H5NO2/c1-3-5(4(2)15-14)7(11)9(13)8(12)6(3)10;1-4-6(10)3-7(11)9(12)8(4)5(2)14-13;1-4(11-10)7-5(8)2-3-6(7)9;1-6-4(7)2-3-5(6)8/h4,14H,1-2H3;3,5,13H,1-2H3;4,10H,2-3H2,1H3;2-3H,1H3. The van der Waals surface area contributed by atoms with Crippen LogP contribution in [-0.4, -0.2) is 62.5 Å². The summed E-state index contributed by atoms with van der Waals surface area (Å²) in [6, 6.07) is 0.457. The van der Waals surface area contributed by atoms with Gasteiger partial charge < -0.3 is 0 Å². The summed E-state index contributed by atoms with van der Waals surface area (Å²) >= 11 is 0. The molecule has 266 valence electrons. The zero-order valence-electron chi connectivity index (χ0n) is 26.1. The first-order chi connectivity index (χ1) is 22.3. The SMILES string of the molecule is CC(OO)N1C(=O)CCC1=O.CN1C(=O)C=CC1=O.Cc1c(F)c(F)c(F)c(F)c1C(C)OO.Cc1c(F)cc(F)c(F)c1C(C)OO. The highest BCUT2D eigenvalue weighted by atomic mass is 19.2. The number of amides is 4. The second kappa shape index (κ2) is 18.3. The van der Waals surface area contributed by atoms with Crippen molar-refractivity contribution in [2.45, 2.75) is 65.9 Å². The zero-order valence-corrected chi connectivity index (χ0v) is 26.1. The molecular formula is C29H31F7N2O10. The maximum absolute atomic E-state index is 13.2. The molecule has 0 spiro atoms. The van der Waals surface area contributed by atoms with Gasteiger partial charge in [-0.1, -0.05) is 0 Å². The maximum Gasteiger partial charge on any atom is 0.253 e. The molecule has 48 heavy (non-hydrogen) atoms. The average molecular weight is 701 g/mol. The summed E-state index contributed by atoms with van der Waals surface area (Å²) in [4.78, 5) is 56.0. The van der Waals surface area contributed by atoms with Crippen LogP contribution in [0.25, 0.3) is 0 Å². The van der Waals surface area contributed by atoms with Crippen molar-refractivity contribution >= 4 is 23.6 Å². The van der Waals surface area contributed by atoms with E-state index in [-0.39, 0.29) is 47.6 Å². The van der Waals surface area contributed by atoms with Crippen molar-refractivity contribution in [2.75, 3.05) is 7.05 Å². The number of benzene rings is 2. The summed E-state index contributed by atoms with van der Waals surface area (Å²) in [5.41, 5.74) is -1.38. The van der Waals surface area contributed by atoms with Gasteiger partial charge in [-0.2, -0.15) is 0 Å². The molecule has 2 aliphatic rings. The maximum atomic E-state index is 13.2. The van der Waals surface area contributed by atoms with Crippen LogP contribution in [0.2, 0.25) is 0 Å². The molecule has 19 heteroatoms.